The number of morpholine rings is 2. The zero-order chi connectivity index (χ0) is 44.2. The molecule has 4 N–H and O–H groups in total. The number of amides is 4. The smallest absolute Gasteiger partial charge is 0.281 e. The van der Waals surface area contributed by atoms with Crippen molar-refractivity contribution in [1.82, 2.24) is 29.1 Å². The molecule has 0 unspecified atom stereocenters. The van der Waals surface area contributed by atoms with Gasteiger partial charge >= 0.3 is 0 Å². The molecule has 4 aromatic heterocycles. The molecule has 8 heterocycles. The number of carbonyl (C=O) groups excluding carboxylic acids is 4. The van der Waals surface area contributed by atoms with Crippen molar-refractivity contribution in [1.29, 1.82) is 0 Å². The van der Waals surface area contributed by atoms with E-state index in [1.54, 1.807) is 24.3 Å². The number of carbonyl (C=O) groups is 4. The van der Waals surface area contributed by atoms with Crippen LogP contribution in [-0.2, 0) is 32.2 Å². The van der Waals surface area contributed by atoms with Crippen molar-refractivity contribution in [3.63, 3.8) is 0 Å². The Morgan fingerprint density at radius 3 is 1.37 bits per heavy atom. The Labute approximate surface area is 378 Å². The molecule has 336 valence electrons. The second kappa shape index (κ2) is 19.6. The van der Waals surface area contributed by atoms with Gasteiger partial charge in [0.15, 0.2) is 0 Å². The largest absolute Gasteiger partial charge is 0.378 e. The molecule has 6 aromatic rings. The van der Waals surface area contributed by atoms with E-state index in [9.17, 15) is 19.2 Å². The molecular weight excluding hydrogens is 856 g/mol. The van der Waals surface area contributed by atoms with Gasteiger partial charge in [0, 0.05) is 101 Å². The average molecular weight is 903 g/mol. The summed E-state index contributed by atoms with van der Waals surface area (Å²) < 4.78 is 14.8. The summed E-state index contributed by atoms with van der Waals surface area (Å²) in [6.45, 7) is 11.8. The van der Waals surface area contributed by atoms with Crippen LogP contribution in [0.25, 0.3) is 21.8 Å². The van der Waals surface area contributed by atoms with E-state index in [1.807, 2.05) is 21.3 Å². The lowest BCUT2D eigenvalue weighted by atomic mass is 10.2. The van der Waals surface area contributed by atoms with Crippen molar-refractivity contribution < 1.29 is 28.7 Å². The van der Waals surface area contributed by atoms with E-state index in [1.165, 1.54) is 26.2 Å². The van der Waals surface area contributed by atoms with Crippen LogP contribution in [0, 0.1) is 0 Å². The topological polar surface area (TPSA) is 227 Å². The number of hydrogen-bond acceptors (Lipinski definition) is 14. The molecule has 0 radical (unpaired) electrons. The lowest BCUT2D eigenvalue weighted by molar-refractivity contribution is -0.115. The van der Waals surface area contributed by atoms with E-state index in [0.717, 1.165) is 84.1 Å². The van der Waals surface area contributed by atoms with E-state index in [-0.39, 0.29) is 24.2 Å². The molecule has 0 bridgehead atoms. The number of halogens is 1. The fourth-order valence-electron chi connectivity index (χ4n) is 7.90. The van der Waals surface area contributed by atoms with Crippen molar-refractivity contribution in [2.75, 3.05) is 96.8 Å². The Balaban J connectivity index is 0.000000175. The van der Waals surface area contributed by atoms with Gasteiger partial charge in [-0.15, -0.1) is 12.4 Å². The number of nitrogens with one attached hydrogen (secondary N) is 4. The first kappa shape index (κ1) is 44.3. The Hall–Kier alpha value is -7.29. The summed E-state index contributed by atoms with van der Waals surface area (Å²) in [5.41, 5.74) is 5.06. The standard InChI is InChI=1S/2C22H23N7O3.ClH/c2*1-14(30)25-19-5-2-15(13-24-19)21(31)27-22-26-18-12-16(28-8-10-32-11-9-28)3-4-17(18)20-23-6-7-29(20)22;/h2*2-5,12-13,23H,6-11H2,1H3,(H,24,25,30);1H. The number of hydrogen-bond donors (Lipinski definition) is 4. The maximum atomic E-state index is 12.8. The van der Waals surface area contributed by atoms with Crippen LogP contribution < -0.4 is 42.3 Å². The molecule has 10 rings (SSSR count). The van der Waals surface area contributed by atoms with Gasteiger partial charge in [0.1, 0.15) is 23.3 Å². The van der Waals surface area contributed by atoms with Crippen LogP contribution in [0.1, 0.15) is 34.6 Å². The Bertz CT molecular complexity index is 2730. The van der Waals surface area contributed by atoms with Crippen LogP contribution >= 0.6 is 12.4 Å². The molecule has 20 nitrogen and oxygen atoms in total. The highest BCUT2D eigenvalue weighted by Gasteiger charge is 2.21. The lowest BCUT2D eigenvalue weighted by Crippen LogP contribution is -2.36. The average Bonchev–Trinajstić information content (AvgIpc) is 4.02. The summed E-state index contributed by atoms with van der Waals surface area (Å²) in [6, 6.07) is 18.7. The second-order valence-electron chi connectivity index (χ2n) is 15.3. The zero-order valence-corrected chi connectivity index (χ0v) is 36.6. The van der Waals surface area contributed by atoms with Crippen molar-refractivity contribution >= 4 is 92.5 Å². The van der Waals surface area contributed by atoms with Gasteiger partial charge in [-0.2, -0.15) is 9.98 Å². The molecule has 0 aliphatic carbocycles. The quantitative estimate of drug-likeness (QED) is 0.188. The van der Waals surface area contributed by atoms with Gasteiger partial charge in [-0.3, -0.25) is 28.3 Å². The third-order valence-electron chi connectivity index (χ3n) is 11.0. The molecule has 4 aliphatic heterocycles. The molecule has 2 fully saturated rings. The third kappa shape index (κ3) is 9.94. The summed E-state index contributed by atoms with van der Waals surface area (Å²) in [4.78, 5) is 78.7. The number of rotatable bonds is 6. The fraction of sp³-hybridized carbons (Fsp3) is 0.318. The molecule has 0 atom stereocenters. The number of aromatic nitrogens is 6. The first-order valence-corrected chi connectivity index (χ1v) is 21.0. The minimum atomic E-state index is -0.440. The highest BCUT2D eigenvalue weighted by atomic mass is 35.5. The normalized spacial score (nSPS) is 15.8. The van der Waals surface area contributed by atoms with Gasteiger partial charge in [-0.1, -0.05) is 0 Å². The summed E-state index contributed by atoms with van der Waals surface area (Å²) >= 11 is 0. The zero-order valence-electron chi connectivity index (χ0n) is 35.7. The number of ether oxygens (including phenoxy) is 2. The van der Waals surface area contributed by atoms with Crippen LogP contribution in [0.3, 0.4) is 0 Å². The van der Waals surface area contributed by atoms with Crippen LogP contribution in [0.5, 0.6) is 0 Å². The molecule has 2 aromatic carbocycles. The fourth-order valence-corrected chi connectivity index (χ4v) is 7.90. The highest BCUT2D eigenvalue weighted by Crippen LogP contribution is 2.29. The molecule has 4 aliphatic rings. The SMILES string of the molecule is CC(=O)Nc1ccc(C(=O)N=c2nc3cc(N4CCOCC4)ccc3c3n2CCN3)cn1.CC(=O)Nc1ccc(C(=O)N=c2nc3cc(N4CCOCC4)ccc3c3n2CCN3)cn1.Cl. The van der Waals surface area contributed by atoms with Crippen LogP contribution in [0.15, 0.2) is 83.0 Å². The Morgan fingerprint density at radius 1 is 0.585 bits per heavy atom. The predicted molar refractivity (Wildman–Crippen MR) is 247 cm³/mol. The van der Waals surface area contributed by atoms with Crippen LogP contribution in [0.4, 0.5) is 34.6 Å². The number of fused-ring (bicyclic) bond motifs is 6. The molecule has 65 heavy (non-hydrogen) atoms. The number of benzene rings is 2. The third-order valence-corrected chi connectivity index (χ3v) is 11.0. The molecule has 0 spiro atoms. The van der Waals surface area contributed by atoms with Crippen LogP contribution in [0.2, 0.25) is 0 Å². The van der Waals surface area contributed by atoms with Crippen molar-refractivity contribution in [3.8, 4) is 0 Å². The summed E-state index contributed by atoms with van der Waals surface area (Å²) in [5, 5.41) is 13.9. The molecule has 2 saturated heterocycles. The predicted octanol–water partition coefficient (Wildman–Crippen LogP) is 3.21. The first-order chi connectivity index (χ1) is 31.2. The van der Waals surface area contributed by atoms with Gasteiger partial charge in [-0.05, 0) is 60.7 Å². The Kier molecular flexibility index (Phi) is 13.4. The maximum Gasteiger partial charge on any atom is 0.281 e. The molecule has 4 amide bonds. The van der Waals surface area contributed by atoms with Crippen LogP contribution in [-0.4, -0.2) is 118 Å². The van der Waals surface area contributed by atoms with Crippen molar-refractivity contribution in [2.45, 2.75) is 26.9 Å². The second-order valence-corrected chi connectivity index (χ2v) is 15.3. The van der Waals surface area contributed by atoms with Gasteiger partial charge in [0.05, 0.1) is 48.6 Å². The minimum absolute atomic E-state index is 0. The van der Waals surface area contributed by atoms with E-state index in [2.05, 4.69) is 75.3 Å². The molecule has 0 saturated carbocycles. The monoisotopic (exact) mass is 902 g/mol. The highest BCUT2D eigenvalue weighted by molar-refractivity contribution is 5.97. The van der Waals surface area contributed by atoms with Crippen molar-refractivity contribution in [2.24, 2.45) is 9.98 Å². The summed E-state index contributed by atoms with van der Waals surface area (Å²) in [7, 11) is 0. The van der Waals surface area contributed by atoms with Gasteiger partial charge < -0.3 is 40.5 Å². The first-order valence-electron chi connectivity index (χ1n) is 21.0. The Morgan fingerprint density at radius 2 is 1.00 bits per heavy atom. The maximum absolute atomic E-state index is 12.8. The minimum Gasteiger partial charge on any atom is -0.378 e. The van der Waals surface area contributed by atoms with E-state index in [0.29, 0.717) is 73.5 Å². The van der Waals surface area contributed by atoms with E-state index in [4.69, 9.17) is 19.4 Å². The van der Waals surface area contributed by atoms with E-state index < -0.39 is 11.8 Å². The van der Waals surface area contributed by atoms with Gasteiger partial charge in [-0.25, -0.2) is 19.9 Å². The molecule has 21 heteroatoms. The number of pyridine rings is 2. The molecular formula is C44H47ClN14O6. The summed E-state index contributed by atoms with van der Waals surface area (Å²) in [6.07, 6.45) is 2.80. The number of nitrogens with zero attached hydrogens (tertiary/aromatic N) is 10. The van der Waals surface area contributed by atoms with Crippen molar-refractivity contribution in [3.05, 3.63) is 95.4 Å². The summed E-state index contributed by atoms with van der Waals surface area (Å²) in [5.74, 6) is 1.26. The van der Waals surface area contributed by atoms with Gasteiger partial charge in [0.25, 0.3) is 11.8 Å². The van der Waals surface area contributed by atoms with Gasteiger partial charge in [0.2, 0.25) is 23.1 Å². The number of anilines is 6. The lowest BCUT2D eigenvalue weighted by Gasteiger charge is -2.29. The van der Waals surface area contributed by atoms with E-state index >= 15 is 0 Å².